The fourth-order valence-electron chi connectivity index (χ4n) is 4.55. The summed E-state index contributed by atoms with van der Waals surface area (Å²) >= 11 is 0. The van der Waals surface area contributed by atoms with E-state index in [-0.39, 0.29) is 24.6 Å². The first-order valence-corrected chi connectivity index (χ1v) is 12.3. The summed E-state index contributed by atoms with van der Waals surface area (Å²) in [5, 5.41) is 15.3. The second-order valence-electron chi connectivity index (χ2n) is 9.02. The van der Waals surface area contributed by atoms with E-state index in [1.807, 2.05) is 29.2 Å². The van der Waals surface area contributed by atoms with Crippen molar-refractivity contribution >= 4 is 17.9 Å². The van der Waals surface area contributed by atoms with Crippen LogP contribution in [0.4, 0.5) is 0 Å². The zero-order valence-corrected chi connectivity index (χ0v) is 21.2. The highest BCUT2D eigenvalue weighted by molar-refractivity contribution is 5.78. The number of likely N-dealkylation sites (tertiary alicyclic amines) is 1. The molecule has 2 aliphatic rings. The Kier molecular flexibility index (Phi) is 7.90. The van der Waals surface area contributed by atoms with Crippen LogP contribution in [0.2, 0.25) is 0 Å². The fourth-order valence-corrected chi connectivity index (χ4v) is 4.55. The van der Waals surface area contributed by atoms with E-state index in [9.17, 15) is 4.79 Å². The zero-order valence-electron chi connectivity index (χ0n) is 21.2. The highest BCUT2D eigenvalue weighted by atomic mass is 16.6. The van der Waals surface area contributed by atoms with Crippen LogP contribution >= 0.6 is 0 Å². The van der Waals surface area contributed by atoms with Crippen molar-refractivity contribution in [3.8, 4) is 17.2 Å². The number of nitrogens with one attached hydrogen (secondary N) is 2. The lowest BCUT2D eigenvalue weighted by molar-refractivity contribution is -0.151. The van der Waals surface area contributed by atoms with Crippen molar-refractivity contribution in [2.75, 3.05) is 26.8 Å². The number of nitrogens with two attached hydrogens (primary N) is 2. The van der Waals surface area contributed by atoms with Gasteiger partial charge in [0.2, 0.25) is 6.10 Å². The summed E-state index contributed by atoms with van der Waals surface area (Å²) < 4.78 is 23.2. The molecule has 0 saturated carbocycles. The van der Waals surface area contributed by atoms with Crippen molar-refractivity contribution in [3.63, 3.8) is 0 Å². The summed E-state index contributed by atoms with van der Waals surface area (Å²) in [6.45, 7) is 4.32. The Bertz CT molecular complexity index is 1150. The molecule has 2 aliphatic heterocycles. The lowest BCUT2D eigenvalue weighted by Gasteiger charge is -2.32. The van der Waals surface area contributed by atoms with Crippen molar-refractivity contribution in [1.82, 2.24) is 9.80 Å². The van der Waals surface area contributed by atoms with E-state index in [4.69, 9.17) is 41.2 Å². The van der Waals surface area contributed by atoms with Gasteiger partial charge in [0, 0.05) is 44.6 Å². The van der Waals surface area contributed by atoms with Gasteiger partial charge in [0.05, 0.1) is 13.7 Å². The largest absolute Gasteiger partial charge is 0.493 e. The summed E-state index contributed by atoms with van der Waals surface area (Å²) in [7, 11) is 1.54. The molecule has 1 fully saturated rings. The lowest BCUT2D eigenvalue weighted by atomic mass is 10.1. The Labute approximate surface area is 216 Å². The van der Waals surface area contributed by atoms with E-state index >= 15 is 0 Å². The molecule has 198 valence electrons. The third-order valence-electron chi connectivity index (χ3n) is 6.56. The number of benzene rings is 2. The van der Waals surface area contributed by atoms with Crippen LogP contribution in [0, 0.1) is 10.8 Å². The van der Waals surface area contributed by atoms with Gasteiger partial charge in [-0.05, 0) is 42.3 Å². The number of carbonyl (C=O) groups excluding carboxylic acids is 1. The third-order valence-corrected chi connectivity index (χ3v) is 6.56. The van der Waals surface area contributed by atoms with Gasteiger partial charge in [0.25, 0.3) is 0 Å². The first-order valence-electron chi connectivity index (χ1n) is 12.3. The molecule has 37 heavy (non-hydrogen) atoms. The molecule has 0 spiro atoms. The van der Waals surface area contributed by atoms with Gasteiger partial charge >= 0.3 is 5.97 Å². The maximum absolute atomic E-state index is 12.9. The predicted octanol–water partition coefficient (Wildman–Crippen LogP) is 2.32. The number of ether oxygens (including phenoxy) is 4. The van der Waals surface area contributed by atoms with Gasteiger partial charge in [0.15, 0.2) is 23.4 Å². The molecule has 11 nitrogen and oxygen atoms in total. The molecular weight excluding hydrogens is 476 g/mol. The number of guanidine groups is 2. The van der Waals surface area contributed by atoms with Crippen LogP contribution in [-0.2, 0) is 22.6 Å². The van der Waals surface area contributed by atoms with E-state index in [1.54, 1.807) is 31.1 Å². The van der Waals surface area contributed by atoms with Crippen LogP contribution in [0.1, 0.15) is 42.6 Å². The summed E-state index contributed by atoms with van der Waals surface area (Å²) in [6.07, 6.45) is 0.568. The highest BCUT2D eigenvalue weighted by Gasteiger charge is 2.29. The average Bonchev–Trinajstić information content (AvgIpc) is 3.31. The van der Waals surface area contributed by atoms with Crippen LogP contribution < -0.4 is 25.7 Å². The average molecular weight is 511 g/mol. The molecule has 0 bridgehead atoms. The number of nitrogens with zero attached hydrogens (tertiary/aromatic N) is 2. The minimum Gasteiger partial charge on any atom is -0.493 e. The topological polar surface area (TPSA) is 160 Å². The fraction of sp³-hybridized carbons (Fsp3) is 0.423. The minimum atomic E-state index is -1.01. The first kappa shape index (κ1) is 25.9. The van der Waals surface area contributed by atoms with Crippen molar-refractivity contribution in [1.29, 1.82) is 10.8 Å². The van der Waals surface area contributed by atoms with E-state index in [0.717, 1.165) is 24.0 Å². The van der Waals surface area contributed by atoms with Crippen molar-refractivity contribution < 1.29 is 23.7 Å². The summed E-state index contributed by atoms with van der Waals surface area (Å²) in [5.41, 5.74) is 13.8. The van der Waals surface area contributed by atoms with Crippen molar-refractivity contribution in [3.05, 3.63) is 53.1 Å². The van der Waals surface area contributed by atoms with Gasteiger partial charge in [0.1, 0.15) is 11.9 Å². The van der Waals surface area contributed by atoms with E-state index < -0.39 is 12.1 Å². The molecule has 0 aromatic heterocycles. The quantitative estimate of drug-likeness (QED) is 0.237. The molecule has 0 amide bonds. The van der Waals surface area contributed by atoms with Gasteiger partial charge in [-0.25, -0.2) is 4.79 Å². The monoisotopic (exact) mass is 510 g/mol. The van der Waals surface area contributed by atoms with Crippen LogP contribution in [0.15, 0.2) is 36.4 Å². The van der Waals surface area contributed by atoms with Gasteiger partial charge in [-0.3, -0.25) is 10.8 Å². The molecule has 2 aromatic carbocycles. The standard InChI is InChI=1S/C26H34N6O5/c1-3-35-24(33)23(37-22-13-18-15-32(26(29)30)14-17(18)12-21(22)34-2)16-4-6-19(7-5-16)36-20-8-10-31(11-9-20)25(27)28/h4-7,12-13,20,23H,3,8-11,14-15H2,1-2H3,(H3,27,28)(H3,29,30). The molecular formula is C26H34N6O5. The molecule has 2 heterocycles. The van der Waals surface area contributed by atoms with Crippen LogP contribution in [0.3, 0.4) is 0 Å². The number of hydrogen-bond donors (Lipinski definition) is 4. The molecule has 11 heteroatoms. The normalized spacial score (nSPS) is 16.1. The Morgan fingerprint density at radius 2 is 1.59 bits per heavy atom. The maximum Gasteiger partial charge on any atom is 0.352 e. The second kappa shape index (κ2) is 11.3. The van der Waals surface area contributed by atoms with Gasteiger partial charge in [-0.2, -0.15) is 0 Å². The number of piperidine rings is 1. The Morgan fingerprint density at radius 3 is 2.14 bits per heavy atom. The number of fused-ring (bicyclic) bond motifs is 1. The van der Waals surface area contributed by atoms with Crippen LogP contribution in [0.5, 0.6) is 17.2 Å². The molecule has 1 atom stereocenters. The number of carbonyl (C=O) groups is 1. The summed E-state index contributed by atoms with van der Waals surface area (Å²) in [6, 6.07) is 10.9. The number of hydrogen-bond acceptors (Lipinski definition) is 7. The van der Waals surface area contributed by atoms with E-state index in [0.29, 0.717) is 49.0 Å². The lowest BCUT2D eigenvalue weighted by Crippen LogP contribution is -2.44. The smallest absolute Gasteiger partial charge is 0.352 e. The van der Waals surface area contributed by atoms with Crippen LogP contribution in [-0.4, -0.2) is 60.6 Å². The summed E-state index contributed by atoms with van der Waals surface area (Å²) in [5.74, 6) is 1.14. The van der Waals surface area contributed by atoms with Crippen molar-refractivity contribution in [2.24, 2.45) is 11.5 Å². The number of methoxy groups -OCH3 is 1. The maximum atomic E-state index is 12.9. The van der Waals surface area contributed by atoms with E-state index in [2.05, 4.69) is 0 Å². The molecule has 1 saturated heterocycles. The van der Waals surface area contributed by atoms with Gasteiger partial charge in [-0.1, -0.05) is 12.1 Å². The zero-order chi connectivity index (χ0) is 26.5. The number of rotatable bonds is 8. The van der Waals surface area contributed by atoms with Crippen molar-refractivity contribution in [2.45, 2.75) is 45.1 Å². The molecule has 2 aromatic rings. The van der Waals surface area contributed by atoms with Gasteiger partial charge in [-0.15, -0.1) is 0 Å². The molecule has 6 N–H and O–H groups in total. The minimum absolute atomic E-state index is 0.00579. The molecule has 1 unspecified atom stereocenters. The first-order chi connectivity index (χ1) is 17.8. The second-order valence-corrected chi connectivity index (χ2v) is 9.02. The Hall–Kier alpha value is -4.15. The third kappa shape index (κ3) is 5.99. The highest BCUT2D eigenvalue weighted by Crippen LogP contribution is 2.38. The van der Waals surface area contributed by atoms with E-state index in [1.165, 1.54) is 0 Å². The predicted molar refractivity (Wildman–Crippen MR) is 138 cm³/mol. The molecule has 0 radical (unpaired) electrons. The summed E-state index contributed by atoms with van der Waals surface area (Å²) in [4.78, 5) is 16.5. The van der Waals surface area contributed by atoms with Gasteiger partial charge < -0.3 is 40.2 Å². The van der Waals surface area contributed by atoms with Crippen LogP contribution in [0.25, 0.3) is 0 Å². The Balaban J connectivity index is 1.50. The SMILES string of the molecule is CCOC(=O)C(Oc1cc2c(cc1OC)CN(C(=N)N)C2)c1ccc(OC2CCN(C(=N)N)CC2)cc1. The number of esters is 1. The molecule has 4 rings (SSSR count). The molecule has 0 aliphatic carbocycles. The Morgan fingerprint density at radius 1 is 1.00 bits per heavy atom.